The number of nitrogens with zero attached hydrogens (tertiary/aromatic N) is 3. The van der Waals surface area contributed by atoms with Gasteiger partial charge >= 0.3 is 0 Å². The maximum atomic E-state index is 10.7. The number of carbonyl (C=O) groups excluding carboxylic acids is 1. The van der Waals surface area contributed by atoms with E-state index in [9.17, 15) is 4.79 Å². The van der Waals surface area contributed by atoms with Crippen LogP contribution in [0.4, 0.5) is 5.69 Å². The van der Waals surface area contributed by atoms with E-state index in [-0.39, 0.29) is 6.04 Å². The third-order valence-electron chi connectivity index (χ3n) is 6.64. The molecule has 7 nitrogen and oxygen atoms in total. The van der Waals surface area contributed by atoms with E-state index < -0.39 is 0 Å². The number of hydrogen-bond acceptors (Lipinski definition) is 6. The van der Waals surface area contributed by atoms with Crippen LogP contribution in [-0.4, -0.2) is 54.8 Å². The van der Waals surface area contributed by atoms with Gasteiger partial charge in [-0.2, -0.15) is 0 Å². The van der Waals surface area contributed by atoms with Crippen molar-refractivity contribution in [3.63, 3.8) is 0 Å². The van der Waals surface area contributed by atoms with E-state index in [0.717, 1.165) is 62.5 Å². The standard InChI is InChI=1S/C18H26N2O2.C10H14N2O/c1-3-5-15(19)10-16-8-14(11-20(16)4-2)13-6-7-17-18(9-13)22-12-21-17;1-2-3-7-12(9-13)10-5-4-6-11-8-10/h3,5-7,9,14-16H,4,8,10-12,19H2,1-2H3;4-6,8-9H,2-3,7H2,1H3/b5-3+;. The molecule has 2 aromatic rings. The maximum Gasteiger partial charge on any atom is 0.231 e. The summed E-state index contributed by atoms with van der Waals surface area (Å²) in [6.45, 7) is 9.65. The highest BCUT2D eigenvalue weighted by Gasteiger charge is 2.33. The van der Waals surface area contributed by atoms with Crippen molar-refractivity contribution in [3.05, 3.63) is 60.4 Å². The van der Waals surface area contributed by atoms with Crippen LogP contribution in [0.1, 0.15) is 57.9 Å². The van der Waals surface area contributed by atoms with Crippen molar-refractivity contribution in [1.29, 1.82) is 0 Å². The van der Waals surface area contributed by atoms with E-state index in [2.05, 4.69) is 41.9 Å². The highest BCUT2D eigenvalue weighted by Crippen LogP contribution is 2.39. The Morgan fingerprint density at radius 2 is 2.09 bits per heavy atom. The molecule has 1 aromatic heterocycles. The van der Waals surface area contributed by atoms with Crippen LogP contribution in [0.15, 0.2) is 54.9 Å². The molecule has 0 saturated carbocycles. The molecule has 1 saturated heterocycles. The van der Waals surface area contributed by atoms with Crippen LogP contribution in [0.2, 0.25) is 0 Å². The zero-order valence-corrected chi connectivity index (χ0v) is 21.3. The molecule has 1 amide bonds. The lowest BCUT2D eigenvalue weighted by molar-refractivity contribution is -0.107. The summed E-state index contributed by atoms with van der Waals surface area (Å²) in [5, 5.41) is 0. The monoisotopic (exact) mass is 480 g/mol. The summed E-state index contributed by atoms with van der Waals surface area (Å²) in [5.74, 6) is 2.30. The van der Waals surface area contributed by atoms with Crippen LogP contribution in [0.25, 0.3) is 0 Å². The molecule has 0 radical (unpaired) electrons. The molecule has 0 spiro atoms. The normalized spacial score (nSPS) is 19.9. The molecular formula is C28H40N4O3. The second-order valence-electron chi connectivity index (χ2n) is 9.08. The Kier molecular flexibility index (Phi) is 10.6. The van der Waals surface area contributed by atoms with Crippen LogP contribution in [0.5, 0.6) is 11.5 Å². The maximum absolute atomic E-state index is 10.7. The Hall–Kier alpha value is -2.90. The number of likely N-dealkylation sites (N-methyl/N-ethyl adjacent to an activating group) is 1. The van der Waals surface area contributed by atoms with Crippen molar-refractivity contribution in [2.45, 2.75) is 64.5 Å². The molecule has 2 N–H and O–H groups in total. The van der Waals surface area contributed by atoms with Gasteiger partial charge in [0.1, 0.15) is 0 Å². The number of unbranched alkanes of at least 4 members (excludes halogenated alkanes) is 1. The Morgan fingerprint density at radius 1 is 1.26 bits per heavy atom. The van der Waals surface area contributed by atoms with E-state index in [0.29, 0.717) is 18.8 Å². The van der Waals surface area contributed by atoms with Crippen molar-refractivity contribution < 1.29 is 14.3 Å². The fraction of sp³-hybridized carbons (Fsp3) is 0.500. The summed E-state index contributed by atoms with van der Waals surface area (Å²) in [5.41, 5.74) is 8.41. The lowest BCUT2D eigenvalue weighted by atomic mass is 9.94. The lowest BCUT2D eigenvalue weighted by Crippen LogP contribution is -2.34. The van der Waals surface area contributed by atoms with Gasteiger partial charge in [-0.3, -0.25) is 14.7 Å². The number of pyridine rings is 1. The number of benzene rings is 1. The van der Waals surface area contributed by atoms with Gasteiger partial charge in [-0.05, 0) is 68.5 Å². The molecule has 3 heterocycles. The number of rotatable bonds is 10. The van der Waals surface area contributed by atoms with Gasteiger partial charge in [-0.1, -0.05) is 38.5 Å². The number of anilines is 1. The average molecular weight is 481 g/mol. The van der Waals surface area contributed by atoms with Crippen LogP contribution in [-0.2, 0) is 4.79 Å². The Labute approximate surface area is 209 Å². The molecule has 0 aliphatic carbocycles. The number of carbonyl (C=O) groups is 1. The highest BCUT2D eigenvalue weighted by molar-refractivity contribution is 5.74. The first-order valence-electron chi connectivity index (χ1n) is 12.7. The van der Waals surface area contributed by atoms with Gasteiger partial charge in [0.2, 0.25) is 13.2 Å². The number of aromatic nitrogens is 1. The summed E-state index contributed by atoms with van der Waals surface area (Å²) in [4.78, 5) is 18.9. The zero-order chi connectivity index (χ0) is 25.0. The van der Waals surface area contributed by atoms with E-state index >= 15 is 0 Å². The Balaban J connectivity index is 0.000000225. The lowest BCUT2D eigenvalue weighted by Gasteiger charge is -2.24. The fourth-order valence-corrected chi connectivity index (χ4v) is 4.76. The van der Waals surface area contributed by atoms with Crippen molar-refractivity contribution in [1.82, 2.24) is 9.88 Å². The van der Waals surface area contributed by atoms with E-state index in [4.69, 9.17) is 15.2 Å². The first-order valence-corrected chi connectivity index (χ1v) is 12.7. The van der Waals surface area contributed by atoms with Crippen molar-refractivity contribution in [3.8, 4) is 11.5 Å². The van der Waals surface area contributed by atoms with E-state index in [1.54, 1.807) is 17.3 Å². The van der Waals surface area contributed by atoms with Crippen LogP contribution in [0.3, 0.4) is 0 Å². The first kappa shape index (κ1) is 26.7. The third kappa shape index (κ3) is 7.54. The summed E-state index contributed by atoms with van der Waals surface area (Å²) in [6.07, 6.45) is 12.7. The number of allylic oxidation sites excluding steroid dienone is 1. The van der Waals surface area contributed by atoms with Gasteiger partial charge in [0, 0.05) is 31.4 Å². The van der Waals surface area contributed by atoms with Crippen molar-refractivity contribution in [2.75, 3.05) is 31.3 Å². The van der Waals surface area contributed by atoms with Crippen molar-refractivity contribution >= 4 is 12.1 Å². The number of amides is 1. The molecule has 0 bridgehead atoms. The van der Waals surface area contributed by atoms with Gasteiger partial charge in [0.15, 0.2) is 11.5 Å². The minimum absolute atomic E-state index is 0.152. The molecule has 4 rings (SSSR count). The van der Waals surface area contributed by atoms with Crippen LogP contribution >= 0.6 is 0 Å². The summed E-state index contributed by atoms with van der Waals surface area (Å²) >= 11 is 0. The first-order chi connectivity index (χ1) is 17.1. The minimum atomic E-state index is 0.152. The average Bonchev–Trinajstić information content (AvgIpc) is 3.52. The summed E-state index contributed by atoms with van der Waals surface area (Å²) in [7, 11) is 0. The van der Waals surface area contributed by atoms with Gasteiger partial charge in [0.25, 0.3) is 0 Å². The molecule has 35 heavy (non-hydrogen) atoms. The number of fused-ring (bicyclic) bond motifs is 1. The molecule has 2 aliphatic rings. The van der Waals surface area contributed by atoms with Gasteiger partial charge in [-0.25, -0.2) is 0 Å². The van der Waals surface area contributed by atoms with E-state index in [1.807, 2.05) is 31.2 Å². The molecular weight excluding hydrogens is 440 g/mol. The summed E-state index contributed by atoms with van der Waals surface area (Å²) in [6, 6.07) is 10.8. The van der Waals surface area contributed by atoms with Crippen molar-refractivity contribution in [2.24, 2.45) is 5.73 Å². The number of nitrogens with two attached hydrogens (primary N) is 1. The Morgan fingerprint density at radius 3 is 2.77 bits per heavy atom. The molecule has 3 atom stereocenters. The van der Waals surface area contributed by atoms with Crippen LogP contribution in [0, 0.1) is 0 Å². The predicted molar refractivity (Wildman–Crippen MR) is 141 cm³/mol. The third-order valence-corrected chi connectivity index (χ3v) is 6.64. The number of hydrogen-bond donors (Lipinski definition) is 1. The van der Waals surface area contributed by atoms with Gasteiger partial charge in [-0.15, -0.1) is 0 Å². The van der Waals surface area contributed by atoms with Crippen LogP contribution < -0.4 is 20.1 Å². The molecule has 3 unspecified atom stereocenters. The number of ether oxygens (including phenoxy) is 2. The summed E-state index contributed by atoms with van der Waals surface area (Å²) < 4.78 is 10.9. The predicted octanol–water partition coefficient (Wildman–Crippen LogP) is 4.73. The quantitative estimate of drug-likeness (QED) is 0.391. The van der Waals surface area contributed by atoms with Gasteiger partial charge < -0.3 is 20.1 Å². The second kappa shape index (κ2) is 13.9. The smallest absolute Gasteiger partial charge is 0.231 e. The molecule has 1 aromatic carbocycles. The fourth-order valence-electron chi connectivity index (χ4n) is 4.76. The second-order valence-corrected chi connectivity index (χ2v) is 9.08. The van der Waals surface area contributed by atoms with Gasteiger partial charge in [0.05, 0.1) is 11.9 Å². The highest BCUT2D eigenvalue weighted by atomic mass is 16.7. The Bertz CT molecular complexity index is 937. The largest absolute Gasteiger partial charge is 0.454 e. The molecule has 2 aliphatic heterocycles. The minimum Gasteiger partial charge on any atom is -0.454 e. The zero-order valence-electron chi connectivity index (χ0n) is 21.3. The SMILES string of the molecule is C/C=C/C(N)CC1CC(c2ccc3c(c2)OCO3)CN1CC.CCCCN(C=O)c1cccnc1. The number of likely N-dealkylation sites (tertiary alicyclic amines) is 1. The van der Waals surface area contributed by atoms with E-state index in [1.165, 1.54) is 12.0 Å². The molecule has 1 fully saturated rings. The molecule has 190 valence electrons. The molecule has 7 heteroatoms. The topological polar surface area (TPSA) is 80.9 Å².